The quantitative estimate of drug-likeness (QED) is 0.402. The Morgan fingerprint density at radius 2 is 1.78 bits per heavy atom. The van der Waals surface area contributed by atoms with Crippen molar-refractivity contribution >= 4 is 23.0 Å². The van der Waals surface area contributed by atoms with Gasteiger partial charge < -0.3 is 14.6 Å². The highest BCUT2D eigenvalue weighted by Gasteiger charge is 2.11. The van der Waals surface area contributed by atoms with Crippen molar-refractivity contribution in [3.8, 4) is 5.75 Å². The molecule has 3 aromatic carbocycles. The van der Waals surface area contributed by atoms with E-state index in [0.717, 1.165) is 28.2 Å². The maximum atomic E-state index is 12.3. The topological polar surface area (TPSA) is 56.1 Å². The Kier molecular flexibility index (Phi) is 6.66. The van der Waals surface area contributed by atoms with Crippen LogP contribution in [0.25, 0.3) is 17.1 Å². The largest absolute Gasteiger partial charge is 0.492 e. The number of nitrogens with zero attached hydrogens (tertiary/aromatic N) is 2. The summed E-state index contributed by atoms with van der Waals surface area (Å²) in [5, 5.41) is 2.94. The van der Waals surface area contributed by atoms with Crippen molar-refractivity contribution in [3.05, 3.63) is 101 Å². The molecule has 5 heteroatoms. The fraction of sp³-hybridized carbons (Fsp3) is 0.185. The number of fused-ring (bicyclic) bond motifs is 1. The van der Waals surface area contributed by atoms with Gasteiger partial charge in [-0.1, -0.05) is 48.5 Å². The lowest BCUT2D eigenvalue weighted by molar-refractivity contribution is -0.116. The highest BCUT2D eigenvalue weighted by Crippen LogP contribution is 2.18. The molecular formula is C27H27N3O2. The molecule has 1 aromatic heterocycles. The summed E-state index contributed by atoms with van der Waals surface area (Å²) in [6.45, 7) is 5.66. The molecular weight excluding hydrogens is 398 g/mol. The summed E-state index contributed by atoms with van der Waals surface area (Å²) in [6.07, 6.45) is 3.35. The fourth-order valence-electron chi connectivity index (χ4n) is 3.53. The molecule has 0 unspecified atom stereocenters. The summed E-state index contributed by atoms with van der Waals surface area (Å²) < 4.78 is 8.09. The summed E-state index contributed by atoms with van der Waals surface area (Å²) in [5.74, 6) is 1.51. The molecule has 0 saturated heterocycles. The van der Waals surface area contributed by atoms with Crippen molar-refractivity contribution in [1.82, 2.24) is 14.9 Å². The van der Waals surface area contributed by atoms with Crippen molar-refractivity contribution in [3.63, 3.8) is 0 Å². The van der Waals surface area contributed by atoms with Crippen molar-refractivity contribution in [1.29, 1.82) is 0 Å². The first-order valence-electron chi connectivity index (χ1n) is 10.8. The van der Waals surface area contributed by atoms with E-state index in [2.05, 4.69) is 35.9 Å². The van der Waals surface area contributed by atoms with E-state index >= 15 is 0 Å². The molecule has 4 aromatic rings. The van der Waals surface area contributed by atoms with Gasteiger partial charge in [0.15, 0.2) is 0 Å². The second kappa shape index (κ2) is 9.96. The first-order valence-corrected chi connectivity index (χ1v) is 10.8. The molecule has 0 spiro atoms. The lowest BCUT2D eigenvalue weighted by Crippen LogP contribution is -2.23. The van der Waals surface area contributed by atoms with E-state index in [9.17, 15) is 4.79 Å². The molecule has 5 nitrogen and oxygen atoms in total. The third-order valence-corrected chi connectivity index (χ3v) is 5.44. The van der Waals surface area contributed by atoms with Gasteiger partial charge in [0, 0.05) is 6.08 Å². The third kappa shape index (κ3) is 5.24. The molecule has 0 bridgehead atoms. The van der Waals surface area contributed by atoms with Gasteiger partial charge >= 0.3 is 0 Å². The first-order chi connectivity index (χ1) is 15.6. The normalized spacial score (nSPS) is 11.2. The Hall–Kier alpha value is -3.86. The van der Waals surface area contributed by atoms with Crippen LogP contribution in [0.2, 0.25) is 0 Å². The molecule has 0 atom stereocenters. The van der Waals surface area contributed by atoms with Gasteiger partial charge in [-0.3, -0.25) is 4.79 Å². The zero-order chi connectivity index (χ0) is 22.3. The molecule has 0 saturated carbocycles. The molecule has 1 N–H and O–H groups in total. The van der Waals surface area contributed by atoms with Gasteiger partial charge in [0.1, 0.15) is 18.2 Å². The van der Waals surface area contributed by atoms with E-state index in [-0.39, 0.29) is 5.91 Å². The summed E-state index contributed by atoms with van der Waals surface area (Å²) in [6, 6.07) is 23.9. The Morgan fingerprint density at radius 3 is 2.59 bits per heavy atom. The molecule has 1 amide bonds. The van der Waals surface area contributed by atoms with Gasteiger partial charge in [-0.2, -0.15) is 0 Å². The predicted molar refractivity (Wildman–Crippen MR) is 128 cm³/mol. The van der Waals surface area contributed by atoms with Gasteiger partial charge in [-0.05, 0) is 60.9 Å². The van der Waals surface area contributed by atoms with E-state index < -0.39 is 0 Å². The van der Waals surface area contributed by atoms with Crippen LogP contribution >= 0.6 is 0 Å². The number of ether oxygens (including phenoxy) is 1. The summed E-state index contributed by atoms with van der Waals surface area (Å²) >= 11 is 0. The maximum Gasteiger partial charge on any atom is 0.244 e. The van der Waals surface area contributed by atoms with Crippen LogP contribution in [0.1, 0.15) is 22.5 Å². The van der Waals surface area contributed by atoms with Crippen LogP contribution in [-0.2, 0) is 17.9 Å². The van der Waals surface area contributed by atoms with Crippen LogP contribution in [0.4, 0.5) is 0 Å². The maximum absolute atomic E-state index is 12.3. The van der Waals surface area contributed by atoms with E-state index in [1.807, 2.05) is 60.7 Å². The minimum absolute atomic E-state index is 0.154. The van der Waals surface area contributed by atoms with Crippen LogP contribution in [-0.4, -0.2) is 22.1 Å². The van der Waals surface area contributed by atoms with E-state index in [0.29, 0.717) is 19.7 Å². The van der Waals surface area contributed by atoms with Gasteiger partial charge in [0.25, 0.3) is 0 Å². The number of imidazole rings is 1. The van der Waals surface area contributed by atoms with Crippen molar-refractivity contribution in [2.75, 3.05) is 6.61 Å². The summed E-state index contributed by atoms with van der Waals surface area (Å²) in [5.41, 5.74) is 5.38. The Labute approximate surface area is 188 Å². The highest BCUT2D eigenvalue weighted by molar-refractivity contribution is 5.91. The lowest BCUT2D eigenvalue weighted by Gasteiger charge is -2.12. The number of nitrogens with one attached hydrogen (secondary N) is 1. The zero-order valence-electron chi connectivity index (χ0n) is 18.4. The highest BCUT2D eigenvalue weighted by atomic mass is 16.5. The summed E-state index contributed by atoms with van der Waals surface area (Å²) in [7, 11) is 0. The summed E-state index contributed by atoms with van der Waals surface area (Å²) in [4.78, 5) is 17.0. The molecule has 0 radical (unpaired) electrons. The molecule has 0 aliphatic heterocycles. The smallest absolute Gasteiger partial charge is 0.244 e. The molecule has 0 fully saturated rings. The lowest BCUT2D eigenvalue weighted by atomic mass is 10.1. The molecule has 1 heterocycles. The zero-order valence-corrected chi connectivity index (χ0v) is 18.4. The number of hydrogen-bond donors (Lipinski definition) is 1. The van der Waals surface area contributed by atoms with Crippen LogP contribution in [0.3, 0.4) is 0 Å². The molecule has 0 aliphatic carbocycles. The van der Waals surface area contributed by atoms with E-state index in [4.69, 9.17) is 9.72 Å². The van der Waals surface area contributed by atoms with Gasteiger partial charge in [-0.25, -0.2) is 4.98 Å². The van der Waals surface area contributed by atoms with Crippen molar-refractivity contribution in [2.45, 2.75) is 26.9 Å². The number of benzene rings is 3. The molecule has 162 valence electrons. The monoisotopic (exact) mass is 425 g/mol. The fourth-order valence-corrected chi connectivity index (χ4v) is 3.53. The van der Waals surface area contributed by atoms with Crippen molar-refractivity contribution in [2.24, 2.45) is 0 Å². The Bertz CT molecular complexity index is 1240. The average molecular weight is 426 g/mol. The number of carbonyl (C=O) groups is 1. The number of aromatic nitrogens is 2. The minimum Gasteiger partial charge on any atom is -0.492 e. The van der Waals surface area contributed by atoms with Gasteiger partial charge in [0.2, 0.25) is 5.91 Å². The van der Waals surface area contributed by atoms with Crippen molar-refractivity contribution < 1.29 is 9.53 Å². The third-order valence-electron chi connectivity index (χ3n) is 5.44. The molecule has 4 rings (SSSR count). The second-order valence-corrected chi connectivity index (χ2v) is 7.72. The number of carbonyl (C=O) groups excluding carboxylic acids is 1. The minimum atomic E-state index is -0.154. The van der Waals surface area contributed by atoms with Crippen LogP contribution in [0, 0.1) is 13.8 Å². The number of rotatable bonds is 8. The number of aryl methyl sites for hydroxylation is 2. The second-order valence-electron chi connectivity index (χ2n) is 7.72. The van der Waals surface area contributed by atoms with E-state index in [1.165, 1.54) is 11.1 Å². The Morgan fingerprint density at radius 1 is 1.00 bits per heavy atom. The van der Waals surface area contributed by atoms with Crippen LogP contribution in [0.5, 0.6) is 5.75 Å². The predicted octanol–water partition coefficient (Wildman–Crippen LogP) is 5.06. The molecule has 32 heavy (non-hydrogen) atoms. The van der Waals surface area contributed by atoms with Gasteiger partial charge in [0.05, 0.1) is 24.1 Å². The average Bonchev–Trinajstić information content (AvgIpc) is 3.17. The number of amides is 1. The van der Waals surface area contributed by atoms with E-state index in [1.54, 1.807) is 12.2 Å². The van der Waals surface area contributed by atoms with Crippen LogP contribution < -0.4 is 10.1 Å². The first kappa shape index (κ1) is 21.4. The number of para-hydroxylation sites is 2. The molecule has 0 aliphatic rings. The SMILES string of the molecule is Cc1ccc(OCCn2c(CNC(=O)/C=C\c3ccccc3)nc3ccccc32)cc1C. The number of hydrogen-bond acceptors (Lipinski definition) is 3. The van der Waals surface area contributed by atoms with Crippen LogP contribution in [0.15, 0.2) is 78.9 Å². The standard InChI is InChI=1S/C27H27N3O2/c1-20-12-14-23(18-21(20)2)32-17-16-30-25-11-7-6-10-24(25)29-26(30)19-28-27(31)15-13-22-8-4-3-5-9-22/h3-15,18H,16-17,19H2,1-2H3,(H,28,31)/b15-13-. The van der Waals surface area contributed by atoms with Gasteiger partial charge in [-0.15, -0.1) is 0 Å². The Balaban J connectivity index is 1.43.